The highest BCUT2D eigenvalue weighted by Crippen LogP contribution is 2.11. The van der Waals surface area contributed by atoms with Crippen LogP contribution in [0.1, 0.15) is 110 Å². The van der Waals surface area contributed by atoms with E-state index in [0.29, 0.717) is 92.5 Å². The zero-order chi connectivity index (χ0) is 29.6. The minimum atomic E-state index is 0.553. The second kappa shape index (κ2) is 39.7. The second-order valence-corrected chi connectivity index (χ2v) is 10.5. The predicted molar refractivity (Wildman–Crippen MR) is 167 cm³/mol. The van der Waals surface area contributed by atoms with Gasteiger partial charge in [-0.3, -0.25) is 0 Å². The molecule has 0 aliphatic heterocycles. The molecular weight excluding hydrogens is 524 g/mol. The van der Waals surface area contributed by atoms with Gasteiger partial charge in [0.1, 0.15) is 0 Å². The average molecular weight is 593 g/mol. The lowest BCUT2D eigenvalue weighted by atomic mass is 10.1. The topological polar surface area (TPSA) is 73.8 Å². The fourth-order valence-corrected chi connectivity index (χ4v) is 4.14. The summed E-state index contributed by atoms with van der Waals surface area (Å²) < 4.78 is 44.2. The zero-order valence-electron chi connectivity index (χ0n) is 27.2. The maximum atomic E-state index is 5.65. The fraction of sp³-hybridized carbons (Fsp3) is 1.00. The van der Waals surface area contributed by atoms with Gasteiger partial charge in [0, 0.05) is 13.2 Å². The van der Waals surface area contributed by atoms with Crippen molar-refractivity contribution in [2.75, 3.05) is 106 Å². The Balaban J connectivity index is 3.02. The maximum absolute atomic E-state index is 5.65. The van der Waals surface area contributed by atoms with Gasteiger partial charge < -0.3 is 37.9 Å². The standard InChI is InChI=1S/C33H68O8/c1-3-5-7-9-10-11-12-13-14-15-17-19-35-21-23-37-25-27-39-29-31-41-33-32-40-30-28-38-26-24-36-22-20-34-18-16-8-6-4-2/h3-33H2,1-2H3. The van der Waals surface area contributed by atoms with E-state index < -0.39 is 0 Å². The van der Waals surface area contributed by atoms with Gasteiger partial charge in [-0.05, 0) is 12.8 Å². The largest absolute Gasteiger partial charge is 0.379 e. The molecule has 0 aliphatic carbocycles. The van der Waals surface area contributed by atoms with Crippen molar-refractivity contribution in [3.63, 3.8) is 0 Å². The first kappa shape index (κ1) is 40.7. The second-order valence-electron chi connectivity index (χ2n) is 10.5. The third-order valence-corrected chi connectivity index (χ3v) is 6.64. The molecule has 0 aromatic heterocycles. The monoisotopic (exact) mass is 592 g/mol. The summed E-state index contributed by atoms with van der Waals surface area (Å²) in [4.78, 5) is 0. The van der Waals surface area contributed by atoms with E-state index in [1.807, 2.05) is 0 Å². The quantitative estimate of drug-likeness (QED) is 0.0709. The molecule has 0 atom stereocenters. The SMILES string of the molecule is CCCCCCCCCCCCCOCCOCCOCCOCCOCCOCCOCCOCCCCCC. The minimum Gasteiger partial charge on any atom is -0.379 e. The first-order valence-corrected chi connectivity index (χ1v) is 17.0. The first-order valence-electron chi connectivity index (χ1n) is 17.0. The number of hydrogen-bond donors (Lipinski definition) is 0. The van der Waals surface area contributed by atoms with E-state index in [-0.39, 0.29) is 0 Å². The van der Waals surface area contributed by atoms with E-state index in [9.17, 15) is 0 Å². The van der Waals surface area contributed by atoms with Gasteiger partial charge in [-0.25, -0.2) is 0 Å². The highest BCUT2D eigenvalue weighted by molar-refractivity contribution is 4.48. The third kappa shape index (κ3) is 39.7. The molecule has 8 nitrogen and oxygen atoms in total. The molecular formula is C33H68O8. The summed E-state index contributed by atoms with van der Waals surface area (Å²) in [6, 6.07) is 0. The van der Waals surface area contributed by atoms with Gasteiger partial charge in [0.05, 0.1) is 92.5 Å². The van der Waals surface area contributed by atoms with E-state index in [1.165, 1.54) is 83.5 Å². The minimum absolute atomic E-state index is 0.553. The molecule has 0 N–H and O–H groups in total. The number of ether oxygens (including phenoxy) is 8. The lowest BCUT2D eigenvalue weighted by molar-refractivity contribution is -0.0232. The van der Waals surface area contributed by atoms with Crippen LogP contribution in [0.25, 0.3) is 0 Å². The third-order valence-electron chi connectivity index (χ3n) is 6.64. The van der Waals surface area contributed by atoms with Gasteiger partial charge in [-0.15, -0.1) is 0 Å². The Labute approximate surface area is 253 Å². The normalized spacial score (nSPS) is 11.6. The van der Waals surface area contributed by atoms with Gasteiger partial charge in [-0.2, -0.15) is 0 Å². The summed E-state index contributed by atoms with van der Waals surface area (Å²) in [5.74, 6) is 0. The van der Waals surface area contributed by atoms with Crippen molar-refractivity contribution in [3.05, 3.63) is 0 Å². The fourth-order valence-electron chi connectivity index (χ4n) is 4.14. The van der Waals surface area contributed by atoms with Crippen LogP contribution in [-0.2, 0) is 37.9 Å². The lowest BCUT2D eigenvalue weighted by Crippen LogP contribution is -2.15. The van der Waals surface area contributed by atoms with E-state index >= 15 is 0 Å². The Kier molecular flexibility index (Phi) is 39.4. The van der Waals surface area contributed by atoms with E-state index in [1.54, 1.807) is 0 Å². The van der Waals surface area contributed by atoms with Crippen LogP contribution >= 0.6 is 0 Å². The Morgan fingerprint density at radius 3 is 0.610 bits per heavy atom. The molecule has 0 aromatic rings. The Morgan fingerprint density at radius 1 is 0.195 bits per heavy atom. The van der Waals surface area contributed by atoms with Crippen molar-refractivity contribution >= 4 is 0 Å². The molecule has 0 aromatic carbocycles. The van der Waals surface area contributed by atoms with Gasteiger partial charge in [0.25, 0.3) is 0 Å². The molecule has 0 heterocycles. The number of rotatable bonds is 38. The molecule has 0 fully saturated rings. The van der Waals surface area contributed by atoms with Gasteiger partial charge in [0.2, 0.25) is 0 Å². The number of hydrogen-bond acceptors (Lipinski definition) is 8. The average Bonchev–Trinajstić information content (AvgIpc) is 2.98. The van der Waals surface area contributed by atoms with E-state index in [0.717, 1.165) is 26.1 Å². The summed E-state index contributed by atoms with van der Waals surface area (Å²) in [6.07, 6.45) is 19.9. The molecule has 0 rings (SSSR count). The summed E-state index contributed by atoms with van der Waals surface area (Å²) in [5, 5.41) is 0. The molecule has 0 aliphatic rings. The van der Waals surface area contributed by atoms with Crippen LogP contribution in [-0.4, -0.2) is 106 Å². The van der Waals surface area contributed by atoms with Crippen molar-refractivity contribution in [3.8, 4) is 0 Å². The van der Waals surface area contributed by atoms with Gasteiger partial charge in [0.15, 0.2) is 0 Å². The summed E-state index contributed by atoms with van der Waals surface area (Å²) >= 11 is 0. The van der Waals surface area contributed by atoms with Crippen LogP contribution in [0.5, 0.6) is 0 Å². The summed E-state index contributed by atoms with van der Waals surface area (Å²) in [7, 11) is 0. The van der Waals surface area contributed by atoms with E-state index in [2.05, 4.69) is 13.8 Å². The van der Waals surface area contributed by atoms with Crippen LogP contribution < -0.4 is 0 Å². The molecule has 0 radical (unpaired) electrons. The smallest absolute Gasteiger partial charge is 0.0701 e. The zero-order valence-corrected chi connectivity index (χ0v) is 27.2. The molecule has 0 bridgehead atoms. The van der Waals surface area contributed by atoms with Crippen molar-refractivity contribution in [1.82, 2.24) is 0 Å². The number of unbranched alkanes of at least 4 members (excludes halogenated alkanes) is 13. The van der Waals surface area contributed by atoms with Crippen LogP contribution in [0.3, 0.4) is 0 Å². The van der Waals surface area contributed by atoms with Crippen molar-refractivity contribution in [2.24, 2.45) is 0 Å². The lowest BCUT2D eigenvalue weighted by Gasteiger charge is -2.09. The molecule has 0 amide bonds. The molecule has 0 spiro atoms. The van der Waals surface area contributed by atoms with Crippen molar-refractivity contribution in [2.45, 2.75) is 110 Å². The Bertz CT molecular complexity index is 403. The molecule has 248 valence electrons. The highest BCUT2D eigenvalue weighted by atomic mass is 16.6. The van der Waals surface area contributed by atoms with Crippen LogP contribution in [0.15, 0.2) is 0 Å². The van der Waals surface area contributed by atoms with Crippen molar-refractivity contribution < 1.29 is 37.9 Å². The first-order chi connectivity index (χ1) is 20.4. The molecule has 0 saturated carbocycles. The Morgan fingerprint density at radius 2 is 0.366 bits per heavy atom. The van der Waals surface area contributed by atoms with Gasteiger partial charge in [-0.1, -0.05) is 97.3 Å². The summed E-state index contributed by atoms with van der Waals surface area (Å²) in [6.45, 7) is 14.4. The van der Waals surface area contributed by atoms with E-state index in [4.69, 9.17) is 37.9 Å². The van der Waals surface area contributed by atoms with Crippen LogP contribution in [0.4, 0.5) is 0 Å². The molecule has 0 saturated heterocycles. The van der Waals surface area contributed by atoms with Crippen LogP contribution in [0, 0.1) is 0 Å². The molecule has 0 unspecified atom stereocenters. The maximum Gasteiger partial charge on any atom is 0.0701 e. The van der Waals surface area contributed by atoms with Crippen molar-refractivity contribution in [1.29, 1.82) is 0 Å². The van der Waals surface area contributed by atoms with Crippen LogP contribution in [0.2, 0.25) is 0 Å². The predicted octanol–water partition coefficient (Wildman–Crippen LogP) is 7.01. The summed E-state index contributed by atoms with van der Waals surface area (Å²) in [5.41, 5.74) is 0. The molecule has 41 heavy (non-hydrogen) atoms. The highest BCUT2D eigenvalue weighted by Gasteiger charge is 1.97. The molecule has 8 heteroatoms. The van der Waals surface area contributed by atoms with Gasteiger partial charge >= 0.3 is 0 Å². The Hall–Kier alpha value is -0.320.